The molecule has 6 heteroatoms. The second kappa shape index (κ2) is 10.3. The molecule has 0 atom stereocenters. The highest BCUT2D eigenvalue weighted by Crippen LogP contribution is 2.44. The van der Waals surface area contributed by atoms with Crippen LogP contribution in [0.4, 0.5) is 11.4 Å². The summed E-state index contributed by atoms with van der Waals surface area (Å²) in [5.41, 5.74) is 4.35. The molecule has 0 bridgehead atoms. The smallest absolute Gasteiger partial charge is 0.185 e. The SMILES string of the molecule is COc1ccc(/C=C/C(=O)c2ccc3c(c2)Nc2ccccc2S3)cc1COc1ccccc1Cl. The summed E-state index contributed by atoms with van der Waals surface area (Å²) in [5, 5.41) is 3.98. The number of allylic oxidation sites excluding steroid dienone is 1. The highest BCUT2D eigenvalue weighted by Gasteiger charge is 2.16. The zero-order valence-electron chi connectivity index (χ0n) is 19.0. The molecule has 0 saturated heterocycles. The minimum Gasteiger partial charge on any atom is -0.496 e. The molecule has 4 aromatic rings. The van der Waals surface area contributed by atoms with E-state index in [9.17, 15) is 4.79 Å². The molecule has 1 heterocycles. The Bertz CT molecular complexity index is 1430. The number of carbonyl (C=O) groups excluding carboxylic acids is 1. The Kier molecular flexibility index (Phi) is 6.80. The Labute approximate surface area is 213 Å². The fourth-order valence-corrected chi connectivity index (χ4v) is 4.95. The molecule has 4 aromatic carbocycles. The minimum atomic E-state index is -0.0665. The Hall–Kier alpha value is -3.67. The van der Waals surface area contributed by atoms with Crippen LogP contribution < -0.4 is 14.8 Å². The van der Waals surface area contributed by atoms with Gasteiger partial charge in [-0.2, -0.15) is 0 Å². The quantitative estimate of drug-likeness (QED) is 0.181. The highest BCUT2D eigenvalue weighted by molar-refractivity contribution is 7.99. The predicted octanol–water partition coefficient (Wildman–Crippen LogP) is 8.03. The maximum Gasteiger partial charge on any atom is 0.185 e. The molecule has 5 rings (SSSR count). The van der Waals surface area contributed by atoms with Crippen molar-refractivity contribution in [2.45, 2.75) is 16.4 Å². The molecule has 0 aromatic heterocycles. The summed E-state index contributed by atoms with van der Waals surface area (Å²) in [6, 6.07) is 27.0. The van der Waals surface area contributed by atoms with Gasteiger partial charge in [0.1, 0.15) is 18.1 Å². The lowest BCUT2D eigenvalue weighted by Crippen LogP contribution is -2.02. The van der Waals surface area contributed by atoms with Crippen molar-refractivity contribution in [3.05, 3.63) is 113 Å². The first-order valence-electron chi connectivity index (χ1n) is 11.1. The Morgan fingerprint density at radius 1 is 0.914 bits per heavy atom. The molecule has 0 fully saturated rings. The van der Waals surface area contributed by atoms with E-state index in [1.165, 1.54) is 4.90 Å². The van der Waals surface area contributed by atoms with Crippen molar-refractivity contribution in [2.75, 3.05) is 12.4 Å². The third kappa shape index (κ3) is 5.21. The minimum absolute atomic E-state index is 0.0665. The Morgan fingerprint density at radius 2 is 1.71 bits per heavy atom. The number of ether oxygens (including phenoxy) is 2. The second-order valence-corrected chi connectivity index (χ2v) is 9.41. The van der Waals surface area contributed by atoms with Crippen LogP contribution in [0.2, 0.25) is 5.02 Å². The molecule has 4 nitrogen and oxygen atoms in total. The van der Waals surface area contributed by atoms with Crippen molar-refractivity contribution in [1.29, 1.82) is 0 Å². The first-order valence-corrected chi connectivity index (χ1v) is 12.2. The lowest BCUT2D eigenvalue weighted by Gasteiger charge is -2.20. The lowest BCUT2D eigenvalue weighted by molar-refractivity contribution is 0.104. The van der Waals surface area contributed by atoms with Gasteiger partial charge in [0.2, 0.25) is 0 Å². The molecule has 0 unspecified atom stereocenters. The molecular formula is C29H22ClNO3S. The maximum absolute atomic E-state index is 12.9. The van der Waals surface area contributed by atoms with E-state index in [-0.39, 0.29) is 12.4 Å². The van der Waals surface area contributed by atoms with E-state index in [1.54, 1.807) is 37.1 Å². The molecule has 35 heavy (non-hydrogen) atoms. The van der Waals surface area contributed by atoms with Gasteiger partial charge in [-0.1, -0.05) is 59.8 Å². The number of nitrogens with one attached hydrogen (secondary N) is 1. The van der Waals surface area contributed by atoms with Crippen molar-refractivity contribution >= 4 is 46.6 Å². The first-order chi connectivity index (χ1) is 17.1. The van der Waals surface area contributed by atoms with Crippen molar-refractivity contribution in [3.63, 3.8) is 0 Å². The first kappa shape index (κ1) is 23.1. The van der Waals surface area contributed by atoms with Crippen LogP contribution in [-0.2, 0) is 6.61 Å². The third-order valence-corrected chi connectivity index (χ3v) is 7.06. The fourth-order valence-electron chi connectivity index (χ4n) is 3.79. The van der Waals surface area contributed by atoms with Gasteiger partial charge in [0.25, 0.3) is 0 Å². The van der Waals surface area contributed by atoms with Gasteiger partial charge in [-0.25, -0.2) is 0 Å². The fraction of sp³-hybridized carbons (Fsp3) is 0.0690. The maximum atomic E-state index is 12.9. The molecule has 0 spiro atoms. The number of hydrogen-bond donors (Lipinski definition) is 1. The van der Waals surface area contributed by atoms with E-state index in [1.807, 2.05) is 72.8 Å². The van der Waals surface area contributed by atoms with Crippen molar-refractivity contribution in [1.82, 2.24) is 0 Å². The van der Waals surface area contributed by atoms with Crippen LogP contribution in [0, 0.1) is 0 Å². The number of anilines is 2. The summed E-state index contributed by atoms with van der Waals surface area (Å²) in [4.78, 5) is 15.2. The normalized spacial score (nSPS) is 11.9. The van der Waals surface area contributed by atoms with Gasteiger partial charge in [0, 0.05) is 20.9 Å². The topological polar surface area (TPSA) is 47.6 Å². The van der Waals surface area contributed by atoms with Crippen LogP contribution in [0.15, 0.2) is 101 Å². The van der Waals surface area contributed by atoms with Crippen LogP contribution in [0.1, 0.15) is 21.5 Å². The predicted molar refractivity (Wildman–Crippen MR) is 142 cm³/mol. The largest absolute Gasteiger partial charge is 0.496 e. The number of ketones is 1. The number of benzene rings is 4. The summed E-state index contributed by atoms with van der Waals surface area (Å²) >= 11 is 7.89. The van der Waals surface area contributed by atoms with Crippen molar-refractivity contribution in [2.24, 2.45) is 0 Å². The third-order valence-electron chi connectivity index (χ3n) is 5.59. The number of halogens is 1. The lowest BCUT2D eigenvalue weighted by atomic mass is 10.1. The molecule has 0 aliphatic carbocycles. The number of rotatable bonds is 7. The molecule has 1 aliphatic heterocycles. The number of carbonyl (C=O) groups is 1. The number of fused-ring (bicyclic) bond motifs is 2. The van der Waals surface area contributed by atoms with Gasteiger partial charge in [-0.05, 0) is 66.2 Å². The average Bonchev–Trinajstić information content (AvgIpc) is 2.89. The molecule has 0 amide bonds. The standard InChI is InChI=1S/C29H22ClNO3S/c1-33-26-14-11-19(16-21(26)18-34-27-8-4-2-6-22(27)30)10-13-25(32)20-12-15-29-24(17-20)31-23-7-3-5-9-28(23)35-29/h2-17,31H,18H2,1H3/b13-10+. The zero-order valence-corrected chi connectivity index (χ0v) is 20.5. The summed E-state index contributed by atoms with van der Waals surface area (Å²) in [5.74, 6) is 1.25. The summed E-state index contributed by atoms with van der Waals surface area (Å²) in [6.45, 7) is 0.290. The van der Waals surface area contributed by atoms with E-state index in [0.717, 1.165) is 27.4 Å². The molecule has 174 valence electrons. The molecular weight excluding hydrogens is 478 g/mol. The van der Waals surface area contributed by atoms with Crippen LogP contribution in [-0.4, -0.2) is 12.9 Å². The highest BCUT2D eigenvalue weighted by atomic mass is 35.5. The zero-order chi connectivity index (χ0) is 24.2. The van der Waals surface area contributed by atoms with E-state index in [4.69, 9.17) is 21.1 Å². The van der Waals surface area contributed by atoms with Crippen molar-refractivity contribution in [3.8, 4) is 11.5 Å². The van der Waals surface area contributed by atoms with Crippen LogP contribution in [0.3, 0.4) is 0 Å². The number of para-hydroxylation sites is 2. The number of methoxy groups -OCH3 is 1. The van der Waals surface area contributed by atoms with Crippen LogP contribution >= 0.6 is 23.4 Å². The van der Waals surface area contributed by atoms with Gasteiger partial charge in [-0.15, -0.1) is 0 Å². The molecule has 0 radical (unpaired) electrons. The van der Waals surface area contributed by atoms with Gasteiger partial charge in [0.15, 0.2) is 5.78 Å². The van der Waals surface area contributed by atoms with Gasteiger partial charge < -0.3 is 14.8 Å². The summed E-state index contributed by atoms with van der Waals surface area (Å²) in [6.07, 6.45) is 3.39. The molecule has 1 N–H and O–H groups in total. The molecule has 0 saturated carbocycles. The Balaban J connectivity index is 1.31. The summed E-state index contributed by atoms with van der Waals surface area (Å²) < 4.78 is 11.4. The van der Waals surface area contributed by atoms with E-state index >= 15 is 0 Å². The van der Waals surface area contributed by atoms with Crippen molar-refractivity contribution < 1.29 is 14.3 Å². The van der Waals surface area contributed by atoms with E-state index < -0.39 is 0 Å². The Morgan fingerprint density at radius 3 is 2.57 bits per heavy atom. The van der Waals surface area contributed by atoms with Gasteiger partial charge in [-0.3, -0.25) is 4.79 Å². The van der Waals surface area contributed by atoms with E-state index in [0.29, 0.717) is 22.1 Å². The second-order valence-electron chi connectivity index (χ2n) is 7.92. The van der Waals surface area contributed by atoms with Crippen LogP contribution in [0.5, 0.6) is 11.5 Å². The van der Waals surface area contributed by atoms with Crippen LogP contribution in [0.25, 0.3) is 6.08 Å². The van der Waals surface area contributed by atoms with Gasteiger partial charge >= 0.3 is 0 Å². The molecule has 1 aliphatic rings. The summed E-state index contributed by atoms with van der Waals surface area (Å²) in [7, 11) is 1.62. The number of hydrogen-bond acceptors (Lipinski definition) is 5. The average molecular weight is 500 g/mol. The van der Waals surface area contributed by atoms with E-state index in [2.05, 4.69) is 11.4 Å². The van der Waals surface area contributed by atoms with Gasteiger partial charge in [0.05, 0.1) is 23.5 Å². The monoisotopic (exact) mass is 499 g/mol.